The van der Waals surface area contributed by atoms with E-state index in [0.717, 1.165) is 22.4 Å². The van der Waals surface area contributed by atoms with Crippen molar-refractivity contribution in [2.45, 2.75) is 13.3 Å². The van der Waals surface area contributed by atoms with Gasteiger partial charge in [0.25, 0.3) is 0 Å². The van der Waals surface area contributed by atoms with E-state index in [1.807, 2.05) is 49.6 Å². The quantitative estimate of drug-likeness (QED) is 0.792. The number of allylic oxidation sites excluding steroid dienone is 4. The third kappa shape index (κ3) is 4.11. The average Bonchev–Trinajstić information content (AvgIpc) is 2.63. The molecule has 0 saturated carbocycles. The van der Waals surface area contributed by atoms with Gasteiger partial charge in [0.2, 0.25) is 0 Å². The Morgan fingerprint density at radius 2 is 2.19 bits per heavy atom. The van der Waals surface area contributed by atoms with E-state index >= 15 is 0 Å². The first-order valence-electron chi connectivity index (χ1n) is 6.73. The van der Waals surface area contributed by atoms with Gasteiger partial charge in [-0.3, -0.25) is 4.98 Å². The summed E-state index contributed by atoms with van der Waals surface area (Å²) in [7, 11) is 0. The second kappa shape index (κ2) is 7.14. The number of nitrogens with one attached hydrogen (secondary N) is 1. The Kier molecular flexibility index (Phi) is 4.99. The molecule has 0 bridgehead atoms. The molecular weight excluding hydrogens is 262 g/mol. The highest BCUT2D eigenvalue weighted by molar-refractivity contribution is 5.64. The lowest BCUT2D eigenvalue weighted by atomic mass is 10.1. The summed E-state index contributed by atoms with van der Waals surface area (Å²) in [6.45, 7) is 1.89. The Morgan fingerprint density at radius 1 is 1.33 bits per heavy atom. The standard InChI is InChI=1S/C17H19N3O/c1-13-11-16(3-2-4-17(13)21)20-10-7-15-12-19-9-6-14(15)5-8-18/h2-3,5-12,20-21H,4,18H2,1H3/b8-5+,10-7+. The van der Waals surface area contributed by atoms with Crippen molar-refractivity contribution < 1.29 is 5.11 Å². The van der Waals surface area contributed by atoms with Crippen molar-refractivity contribution in [3.8, 4) is 0 Å². The topological polar surface area (TPSA) is 71.2 Å². The van der Waals surface area contributed by atoms with Gasteiger partial charge in [-0.15, -0.1) is 0 Å². The summed E-state index contributed by atoms with van der Waals surface area (Å²) in [6.07, 6.45) is 17.0. The average molecular weight is 281 g/mol. The first kappa shape index (κ1) is 14.7. The van der Waals surface area contributed by atoms with Gasteiger partial charge in [0.1, 0.15) is 0 Å². The van der Waals surface area contributed by atoms with E-state index < -0.39 is 0 Å². The van der Waals surface area contributed by atoms with E-state index in [4.69, 9.17) is 5.73 Å². The van der Waals surface area contributed by atoms with Crippen molar-refractivity contribution in [2.24, 2.45) is 5.73 Å². The molecule has 1 aliphatic rings. The predicted octanol–water partition coefficient (Wildman–Crippen LogP) is 3.25. The van der Waals surface area contributed by atoms with Crippen LogP contribution in [0.5, 0.6) is 0 Å². The number of aliphatic hydroxyl groups excluding tert-OH is 1. The van der Waals surface area contributed by atoms with Crippen LogP contribution in [0, 0.1) is 0 Å². The number of pyridine rings is 1. The van der Waals surface area contributed by atoms with E-state index in [1.54, 1.807) is 12.4 Å². The molecule has 4 N–H and O–H groups in total. The van der Waals surface area contributed by atoms with Gasteiger partial charge in [0.15, 0.2) is 0 Å². The summed E-state index contributed by atoms with van der Waals surface area (Å²) in [4.78, 5) is 4.11. The lowest BCUT2D eigenvalue weighted by Gasteiger charge is -2.03. The van der Waals surface area contributed by atoms with E-state index in [9.17, 15) is 5.11 Å². The van der Waals surface area contributed by atoms with Crippen LogP contribution < -0.4 is 11.1 Å². The fourth-order valence-electron chi connectivity index (χ4n) is 1.95. The molecule has 0 saturated heterocycles. The van der Waals surface area contributed by atoms with Crippen LogP contribution in [0.2, 0.25) is 0 Å². The number of nitrogens with zero attached hydrogens (tertiary/aromatic N) is 1. The number of hydrogen-bond acceptors (Lipinski definition) is 4. The predicted molar refractivity (Wildman–Crippen MR) is 86.8 cm³/mol. The molecule has 0 aliphatic heterocycles. The fraction of sp³-hybridized carbons (Fsp3) is 0.118. The van der Waals surface area contributed by atoms with E-state index in [2.05, 4.69) is 10.3 Å². The van der Waals surface area contributed by atoms with Crippen LogP contribution >= 0.6 is 0 Å². The van der Waals surface area contributed by atoms with Gasteiger partial charge in [-0.1, -0.05) is 6.08 Å². The molecule has 1 aliphatic carbocycles. The number of hydrogen-bond donors (Lipinski definition) is 3. The molecule has 4 nitrogen and oxygen atoms in total. The molecule has 0 unspecified atom stereocenters. The van der Waals surface area contributed by atoms with Crippen LogP contribution in [0.25, 0.3) is 12.2 Å². The maximum atomic E-state index is 9.68. The summed E-state index contributed by atoms with van der Waals surface area (Å²) < 4.78 is 0. The van der Waals surface area contributed by atoms with Crippen molar-refractivity contribution in [2.75, 3.05) is 0 Å². The Morgan fingerprint density at radius 3 is 3.00 bits per heavy atom. The summed E-state index contributed by atoms with van der Waals surface area (Å²) >= 11 is 0. The van der Waals surface area contributed by atoms with Crippen LogP contribution in [-0.2, 0) is 0 Å². The maximum Gasteiger partial charge on any atom is 0.0990 e. The maximum absolute atomic E-state index is 9.68. The SMILES string of the molecule is CC1=C(O)CC=CC(N/C=C/c2cnccc2/C=C/N)=C1. The van der Waals surface area contributed by atoms with Gasteiger partial charge >= 0.3 is 0 Å². The highest BCUT2D eigenvalue weighted by Crippen LogP contribution is 2.15. The molecule has 1 aromatic heterocycles. The minimum absolute atomic E-state index is 0.398. The summed E-state index contributed by atoms with van der Waals surface area (Å²) in [6, 6.07) is 1.90. The monoisotopic (exact) mass is 281 g/mol. The Balaban J connectivity index is 2.11. The van der Waals surface area contributed by atoms with Gasteiger partial charge in [-0.2, -0.15) is 0 Å². The van der Waals surface area contributed by atoms with Crippen molar-refractivity contribution in [3.63, 3.8) is 0 Å². The summed E-state index contributed by atoms with van der Waals surface area (Å²) in [5.41, 5.74) is 9.20. The molecule has 21 heavy (non-hydrogen) atoms. The molecule has 0 amide bonds. The van der Waals surface area contributed by atoms with Crippen molar-refractivity contribution in [1.29, 1.82) is 0 Å². The smallest absolute Gasteiger partial charge is 0.0990 e. The van der Waals surface area contributed by atoms with Crippen molar-refractivity contribution in [3.05, 3.63) is 77.2 Å². The number of nitrogens with two attached hydrogens (primary N) is 1. The number of aliphatic hydroxyl groups is 1. The highest BCUT2D eigenvalue weighted by atomic mass is 16.3. The minimum atomic E-state index is 0.398. The van der Waals surface area contributed by atoms with E-state index in [0.29, 0.717) is 12.2 Å². The number of rotatable bonds is 4. The fourth-order valence-corrected chi connectivity index (χ4v) is 1.95. The molecule has 1 heterocycles. The van der Waals surface area contributed by atoms with Gasteiger partial charge in [-0.05, 0) is 54.6 Å². The lowest BCUT2D eigenvalue weighted by molar-refractivity contribution is 0.396. The molecule has 0 spiro atoms. The zero-order valence-electron chi connectivity index (χ0n) is 12.0. The van der Waals surface area contributed by atoms with Gasteiger partial charge in [0, 0.05) is 36.3 Å². The van der Waals surface area contributed by atoms with Crippen LogP contribution in [0.1, 0.15) is 24.5 Å². The lowest BCUT2D eigenvalue weighted by Crippen LogP contribution is -2.02. The van der Waals surface area contributed by atoms with E-state index in [1.165, 1.54) is 6.20 Å². The molecule has 108 valence electrons. The number of aromatic nitrogens is 1. The normalized spacial score (nSPS) is 15.6. The molecule has 4 heteroatoms. The molecule has 0 aromatic carbocycles. The van der Waals surface area contributed by atoms with Gasteiger partial charge in [-0.25, -0.2) is 0 Å². The summed E-state index contributed by atoms with van der Waals surface area (Å²) in [5, 5.41) is 12.9. The van der Waals surface area contributed by atoms with Crippen LogP contribution in [0.3, 0.4) is 0 Å². The third-order valence-electron chi connectivity index (χ3n) is 3.11. The zero-order valence-corrected chi connectivity index (χ0v) is 12.0. The molecular formula is C17H19N3O. The second-order valence-corrected chi connectivity index (χ2v) is 4.68. The molecule has 0 atom stereocenters. The molecule has 0 radical (unpaired) electrons. The zero-order chi connectivity index (χ0) is 15.1. The first-order chi connectivity index (χ1) is 10.2. The second-order valence-electron chi connectivity index (χ2n) is 4.68. The van der Waals surface area contributed by atoms with Crippen LogP contribution in [-0.4, -0.2) is 10.1 Å². The largest absolute Gasteiger partial charge is 0.512 e. The molecule has 2 rings (SSSR count). The van der Waals surface area contributed by atoms with Crippen molar-refractivity contribution in [1.82, 2.24) is 10.3 Å². The highest BCUT2D eigenvalue weighted by Gasteiger charge is 2.01. The van der Waals surface area contributed by atoms with Crippen LogP contribution in [0.15, 0.2) is 66.1 Å². The van der Waals surface area contributed by atoms with E-state index in [-0.39, 0.29) is 0 Å². The Labute approximate surface area is 124 Å². The first-order valence-corrected chi connectivity index (χ1v) is 6.73. The Bertz CT molecular complexity index is 652. The Hall–Kier alpha value is -2.75. The minimum Gasteiger partial charge on any atom is -0.512 e. The molecule has 1 aromatic rings. The van der Waals surface area contributed by atoms with Gasteiger partial charge in [0.05, 0.1) is 5.76 Å². The van der Waals surface area contributed by atoms with Crippen molar-refractivity contribution >= 4 is 12.2 Å². The van der Waals surface area contributed by atoms with Gasteiger partial charge < -0.3 is 16.2 Å². The summed E-state index contributed by atoms with van der Waals surface area (Å²) in [5.74, 6) is 0.398. The third-order valence-corrected chi connectivity index (χ3v) is 3.11. The van der Waals surface area contributed by atoms with Crippen LogP contribution in [0.4, 0.5) is 0 Å². The molecule has 0 fully saturated rings.